The molecular weight excluding hydrogens is 432 g/mol. The molecule has 0 atom stereocenters. The van der Waals surface area contributed by atoms with E-state index < -0.39 is 0 Å². The van der Waals surface area contributed by atoms with E-state index in [1.54, 1.807) is 40.1 Å². The quantitative estimate of drug-likeness (QED) is 0.377. The summed E-state index contributed by atoms with van der Waals surface area (Å²) in [4.78, 5) is 0.719. The highest BCUT2D eigenvalue weighted by Gasteiger charge is 2.18. The van der Waals surface area contributed by atoms with Gasteiger partial charge in [-0.05, 0) is 36.2 Å². The summed E-state index contributed by atoms with van der Waals surface area (Å²) in [5.74, 6) is 3.87. The lowest BCUT2D eigenvalue weighted by molar-refractivity contribution is 0.324. The monoisotopic (exact) mass is 456 g/mol. The molecule has 0 unspecified atom stereocenters. The zero-order chi connectivity index (χ0) is 22.7. The van der Waals surface area contributed by atoms with E-state index in [0.717, 1.165) is 33.3 Å². The minimum Gasteiger partial charge on any atom is -0.493 e. The second-order valence-electron chi connectivity index (χ2n) is 6.82. The number of hydrogen-bond donors (Lipinski definition) is 0. The maximum absolute atomic E-state index is 5.46. The van der Waals surface area contributed by atoms with Crippen LogP contribution in [0.2, 0.25) is 0 Å². The van der Waals surface area contributed by atoms with Crippen LogP contribution in [0.5, 0.6) is 28.7 Å². The van der Waals surface area contributed by atoms with Crippen LogP contribution in [0.3, 0.4) is 0 Å². The fraction of sp³-hybridized carbons (Fsp3) is 0.318. The van der Waals surface area contributed by atoms with Gasteiger partial charge in [0.05, 0.1) is 35.5 Å². The van der Waals surface area contributed by atoms with Crippen molar-refractivity contribution in [1.29, 1.82) is 0 Å². The Morgan fingerprint density at radius 1 is 0.750 bits per heavy atom. The predicted molar refractivity (Wildman–Crippen MR) is 121 cm³/mol. The first-order valence-corrected chi connectivity index (χ1v) is 10.7. The number of hydrogen-bond acceptors (Lipinski definition) is 9. The van der Waals surface area contributed by atoms with Crippen molar-refractivity contribution in [2.75, 3.05) is 35.5 Å². The van der Waals surface area contributed by atoms with Crippen LogP contribution in [-0.4, -0.2) is 55.4 Å². The molecule has 4 rings (SSSR count). The van der Waals surface area contributed by atoms with E-state index in [4.69, 9.17) is 28.8 Å². The summed E-state index contributed by atoms with van der Waals surface area (Å²) in [7, 11) is 8.01. The van der Waals surface area contributed by atoms with Gasteiger partial charge >= 0.3 is 0 Å². The summed E-state index contributed by atoms with van der Waals surface area (Å²) in [6, 6.07) is 9.63. The molecular formula is C22H24N4O5S. The minimum atomic E-state index is 0.539. The fourth-order valence-corrected chi connectivity index (χ4v) is 4.27. The Balaban J connectivity index is 1.61. The van der Waals surface area contributed by atoms with Gasteiger partial charge in [0, 0.05) is 12.0 Å². The van der Waals surface area contributed by atoms with Crippen molar-refractivity contribution in [1.82, 2.24) is 19.8 Å². The molecule has 0 aliphatic rings. The fourth-order valence-electron chi connectivity index (χ4n) is 3.43. The van der Waals surface area contributed by atoms with Gasteiger partial charge < -0.3 is 23.7 Å². The van der Waals surface area contributed by atoms with Crippen LogP contribution < -0.4 is 23.7 Å². The van der Waals surface area contributed by atoms with E-state index >= 15 is 0 Å². The second-order valence-corrected chi connectivity index (χ2v) is 7.78. The van der Waals surface area contributed by atoms with Crippen molar-refractivity contribution >= 4 is 16.3 Å². The summed E-state index contributed by atoms with van der Waals surface area (Å²) < 4.78 is 28.8. The van der Waals surface area contributed by atoms with Crippen LogP contribution in [0.15, 0.2) is 30.3 Å². The molecule has 0 bridgehead atoms. The molecule has 168 valence electrons. The maximum atomic E-state index is 5.46. The largest absolute Gasteiger partial charge is 0.493 e. The van der Waals surface area contributed by atoms with Gasteiger partial charge in [-0.1, -0.05) is 17.4 Å². The van der Waals surface area contributed by atoms with Gasteiger partial charge in [-0.15, -0.1) is 10.2 Å². The molecule has 32 heavy (non-hydrogen) atoms. The van der Waals surface area contributed by atoms with Crippen molar-refractivity contribution in [2.45, 2.75) is 12.8 Å². The van der Waals surface area contributed by atoms with E-state index in [0.29, 0.717) is 35.2 Å². The van der Waals surface area contributed by atoms with Gasteiger partial charge in [0.2, 0.25) is 10.7 Å². The average molecular weight is 457 g/mol. The molecule has 4 aromatic rings. The highest BCUT2D eigenvalue weighted by atomic mass is 32.1. The van der Waals surface area contributed by atoms with Crippen LogP contribution in [0.1, 0.15) is 11.4 Å². The van der Waals surface area contributed by atoms with Gasteiger partial charge in [-0.25, -0.2) is 0 Å². The summed E-state index contributed by atoms with van der Waals surface area (Å²) in [5, 5.41) is 14.1. The first kappa shape index (κ1) is 21.7. The van der Waals surface area contributed by atoms with Gasteiger partial charge in [0.1, 0.15) is 5.01 Å². The Bertz CT molecular complexity index is 1210. The molecule has 2 aromatic heterocycles. The lowest BCUT2D eigenvalue weighted by Gasteiger charge is -2.13. The van der Waals surface area contributed by atoms with Crippen LogP contribution in [0, 0.1) is 0 Å². The van der Waals surface area contributed by atoms with Gasteiger partial charge in [-0.3, -0.25) is 0 Å². The third-order valence-corrected chi connectivity index (χ3v) is 6.00. The lowest BCUT2D eigenvalue weighted by Crippen LogP contribution is -2.00. The molecule has 0 radical (unpaired) electrons. The van der Waals surface area contributed by atoms with Gasteiger partial charge in [0.15, 0.2) is 28.8 Å². The van der Waals surface area contributed by atoms with E-state index in [2.05, 4.69) is 10.2 Å². The number of aryl methyl sites for hydroxylation is 2. The molecule has 2 heterocycles. The SMILES string of the molecule is COc1ccc(CCc2nnc3sc(-c4cc(OC)c(OC)c(OC)c4)nn23)cc1OC. The summed E-state index contributed by atoms with van der Waals surface area (Å²) in [6.45, 7) is 0. The molecule has 2 aromatic carbocycles. The zero-order valence-corrected chi connectivity index (χ0v) is 19.4. The Kier molecular flexibility index (Phi) is 6.31. The van der Waals surface area contributed by atoms with Crippen molar-refractivity contribution < 1.29 is 23.7 Å². The van der Waals surface area contributed by atoms with Crippen molar-refractivity contribution in [3.8, 4) is 39.3 Å². The summed E-state index contributed by atoms with van der Waals surface area (Å²) in [6.07, 6.45) is 1.44. The Hall–Kier alpha value is -3.53. The standard InChI is InChI=1S/C22H24N4O5S/c1-27-15-8-6-13(10-16(15)28-2)7-9-19-23-24-22-26(19)25-21(32-22)14-11-17(29-3)20(31-5)18(12-14)30-4/h6,8,10-12H,7,9H2,1-5H3. The maximum Gasteiger partial charge on any atom is 0.234 e. The summed E-state index contributed by atoms with van der Waals surface area (Å²) >= 11 is 1.45. The molecule has 0 N–H and O–H groups in total. The third kappa shape index (κ3) is 4.01. The van der Waals surface area contributed by atoms with Crippen LogP contribution in [0.4, 0.5) is 0 Å². The number of ether oxygens (including phenoxy) is 5. The molecule has 0 fully saturated rings. The molecule has 0 aliphatic heterocycles. The van der Waals surface area contributed by atoms with E-state index in [-0.39, 0.29) is 0 Å². The number of methoxy groups -OCH3 is 5. The topological polar surface area (TPSA) is 89.2 Å². The molecule has 0 spiro atoms. The highest BCUT2D eigenvalue weighted by molar-refractivity contribution is 7.19. The number of nitrogens with zero attached hydrogens (tertiary/aromatic N) is 4. The van der Waals surface area contributed by atoms with Crippen LogP contribution in [0.25, 0.3) is 15.5 Å². The van der Waals surface area contributed by atoms with Crippen molar-refractivity contribution in [3.05, 3.63) is 41.7 Å². The predicted octanol–water partition coefficient (Wildman–Crippen LogP) is 3.68. The normalized spacial score (nSPS) is 10.9. The average Bonchev–Trinajstić information content (AvgIpc) is 3.42. The smallest absolute Gasteiger partial charge is 0.234 e. The summed E-state index contributed by atoms with van der Waals surface area (Å²) in [5.41, 5.74) is 1.96. The Morgan fingerprint density at radius 3 is 2.06 bits per heavy atom. The van der Waals surface area contributed by atoms with Gasteiger partial charge in [-0.2, -0.15) is 9.61 Å². The zero-order valence-electron chi connectivity index (χ0n) is 18.5. The van der Waals surface area contributed by atoms with Crippen molar-refractivity contribution in [3.63, 3.8) is 0 Å². The Labute approximate surface area is 189 Å². The first-order valence-electron chi connectivity index (χ1n) is 9.84. The van der Waals surface area contributed by atoms with Gasteiger partial charge in [0.25, 0.3) is 0 Å². The second kappa shape index (κ2) is 9.31. The number of rotatable bonds is 9. The molecule has 9 nitrogen and oxygen atoms in total. The molecule has 10 heteroatoms. The van der Waals surface area contributed by atoms with Crippen LogP contribution in [-0.2, 0) is 12.8 Å². The molecule has 0 saturated heterocycles. The highest BCUT2D eigenvalue weighted by Crippen LogP contribution is 2.42. The number of benzene rings is 2. The third-order valence-electron chi connectivity index (χ3n) is 5.05. The van der Waals surface area contributed by atoms with E-state index in [1.807, 2.05) is 30.3 Å². The lowest BCUT2D eigenvalue weighted by atomic mass is 10.1. The van der Waals surface area contributed by atoms with Crippen LogP contribution >= 0.6 is 11.3 Å². The minimum absolute atomic E-state index is 0.539. The Morgan fingerprint density at radius 2 is 1.44 bits per heavy atom. The number of aromatic nitrogens is 4. The molecule has 0 saturated carbocycles. The van der Waals surface area contributed by atoms with E-state index in [1.165, 1.54) is 11.3 Å². The molecule has 0 aliphatic carbocycles. The van der Waals surface area contributed by atoms with Crippen molar-refractivity contribution in [2.24, 2.45) is 0 Å². The van der Waals surface area contributed by atoms with E-state index in [9.17, 15) is 0 Å². The number of fused-ring (bicyclic) bond motifs is 1. The molecule has 0 amide bonds. The first-order chi connectivity index (χ1) is 15.6.